The summed E-state index contributed by atoms with van der Waals surface area (Å²) < 4.78 is 40.2. The Bertz CT molecular complexity index is 390. The predicted octanol–water partition coefficient (Wildman–Crippen LogP) is -0.0810. The Morgan fingerprint density at radius 3 is 2.20 bits per heavy atom. The zero-order valence-electron chi connectivity index (χ0n) is 10.5. The number of carbonyl (C=O) groups is 3. The molecule has 0 aliphatic rings. The van der Waals surface area contributed by atoms with Crippen LogP contribution in [0.2, 0.25) is 0 Å². The second-order valence-electron chi connectivity index (χ2n) is 3.39. The van der Waals surface area contributed by atoms with Crippen molar-refractivity contribution in [1.29, 1.82) is 0 Å². The van der Waals surface area contributed by atoms with E-state index in [9.17, 15) is 27.6 Å². The van der Waals surface area contributed by atoms with Crippen molar-refractivity contribution in [2.75, 3.05) is 19.3 Å². The minimum absolute atomic E-state index is 0.0929. The fourth-order valence-electron chi connectivity index (χ4n) is 1.02. The predicted molar refractivity (Wildman–Crippen MR) is 62.7 cm³/mol. The quantitative estimate of drug-likeness (QED) is 0.340. The lowest BCUT2D eigenvalue weighted by Gasteiger charge is -2.29. The number of rotatable bonds is 7. The highest BCUT2D eigenvalue weighted by Crippen LogP contribution is 2.19. The monoisotopic (exact) mass is 318 g/mol. The van der Waals surface area contributed by atoms with E-state index >= 15 is 0 Å². The highest BCUT2D eigenvalue weighted by molar-refractivity contribution is 8.13. The molecule has 0 aliphatic heterocycles. The van der Waals surface area contributed by atoms with Crippen LogP contribution in [0.15, 0.2) is 0 Å². The van der Waals surface area contributed by atoms with Gasteiger partial charge in [-0.25, -0.2) is 9.59 Å². The van der Waals surface area contributed by atoms with E-state index in [4.69, 9.17) is 5.11 Å². The van der Waals surface area contributed by atoms with Crippen molar-refractivity contribution in [3.05, 3.63) is 0 Å². The molecule has 7 nitrogen and oxygen atoms in total. The molecule has 0 bridgehead atoms. The largest absolute Gasteiger partial charge is 0.491 e. The summed E-state index contributed by atoms with van der Waals surface area (Å²) in [5.41, 5.74) is 0. The van der Waals surface area contributed by atoms with Gasteiger partial charge in [0.05, 0.1) is 0 Å². The normalized spacial score (nSPS) is 14.4. The lowest BCUT2D eigenvalue weighted by molar-refractivity contribution is -0.224. The van der Waals surface area contributed by atoms with Crippen LogP contribution in [0.4, 0.5) is 13.2 Å². The molecule has 0 fully saturated rings. The maximum atomic E-state index is 12.1. The van der Waals surface area contributed by atoms with Gasteiger partial charge in [0.15, 0.2) is 5.12 Å². The lowest BCUT2D eigenvalue weighted by Crippen LogP contribution is -2.65. The van der Waals surface area contributed by atoms with Crippen molar-refractivity contribution < 1.29 is 37.4 Å². The molecule has 0 aromatic heterocycles. The number of nitrogens with one attached hydrogen (secondary N) is 2. The Labute approximate surface area is 116 Å². The van der Waals surface area contributed by atoms with Crippen LogP contribution in [0.3, 0.4) is 0 Å². The van der Waals surface area contributed by atoms with Gasteiger partial charge in [0.25, 0.3) is 0 Å². The molecular formula is C9H13F3N2O5S. The molecule has 1 unspecified atom stereocenters. The third-order valence-corrected chi connectivity index (χ3v) is 2.73. The first-order valence-electron chi connectivity index (χ1n) is 5.16. The van der Waals surface area contributed by atoms with Gasteiger partial charge in [-0.2, -0.15) is 13.2 Å². The Morgan fingerprint density at radius 1 is 1.30 bits per heavy atom. The highest BCUT2D eigenvalue weighted by Gasteiger charge is 2.49. The summed E-state index contributed by atoms with van der Waals surface area (Å²) >= 11 is 0.834. The van der Waals surface area contributed by atoms with E-state index in [1.54, 1.807) is 0 Å². The summed E-state index contributed by atoms with van der Waals surface area (Å²) in [6.45, 7) is 1.10. The van der Waals surface area contributed by atoms with Crippen molar-refractivity contribution in [1.82, 2.24) is 10.6 Å². The summed E-state index contributed by atoms with van der Waals surface area (Å²) in [7, 11) is 1.00. The third kappa shape index (κ3) is 5.75. The molecule has 0 spiro atoms. The lowest BCUT2D eigenvalue weighted by atomic mass is 10.4. The zero-order valence-corrected chi connectivity index (χ0v) is 11.4. The Kier molecular flexibility index (Phi) is 6.96. The van der Waals surface area contributed by atoms with Gasteiger partial charge in [-0.3, -0.25) is 15.4 Å². The molecule has 0 aliphatic carbocycles. The maximum Gasteiger partial charge on any atom is 0.491 e. The number of aliphatic carboxylic acids is 1. The maximum absolute atomic E-state index is 12.1. The van der Waals surface area contributed by atoms with E-state index in [1.807, 2.05) is 5.32 Å². The number of alkyl halides is 3. The van der Waals surface area contributed by atoms with Crippen LogP contribution in [-0.4, -0.2) is 53.5 Å². The number of likely N-dealkylation sites (N-methyl/N-ethyl adjacent to an activating group) is 1. The molecule has 0 radical (unpaired) electrons. The molecule has 0 saturated carbocycles. The van der Waals surface area contributed by atoms with Crippen LogP contribution in [0.25, 0.3) is 0 Å². The van der Waals surface area contributed by atoms with Gasteiger partial charge in [0.2, 0.25) is 0 Å². The van der Waals surface area contributed by atoms with Crippen LogP contribution in [-0.2, 0) is 19.1 Å². The van der Waals surface area contributed by atoms with E-state index in [0.717, 1.165) is 18.8 Å². The minimum Gasteiger partial charge on any atom is -0.476 e. The van der Waals surface area contributed by atoms with Crippen molar-refractivity contribution in [2.45, 2.75) is 18.9 Å². The van der Waals surface area contributed by atoms with Gasteiger partial charge in [-0.1, -0.05) is 11.8 Å². The third-order valence-electron chi connectivity index (χ3n) is 1.91. The van der Waals surface area contributed by atoms with E-state index in [-0.39, 0.29) is 17.4 Å². The van der Waals surface area contributed by atoms with Crippen molar-refractivity contribution in [3.8, 4) is 0 Å². The Balaban J connectivity index is 4.80. The standard InChI is InChI=1S/C9H13F3N2O5S/c1-5(15)20-4-3-14-9(13-2,6(16)17)19-7(18)8(10,11)12/h13-14H,3-4H2,1-2H3,(H,16,17). The number of ether oxygens (including phenoxy) is 1. The van der Waals surface area contributed by atoms with Gasteiger partial charge in [-0.15, -0.1) is 0 Å². The Hall–Kier alpha value is -1.33. The number of hydrogen-bond donors (Lipinski definition) is 3. The van der Waals surface area contributed by atoms with Crippen molar-refractivity contribution >= 4 is 28.8 Å². The number of carboxylic acids is 1. The van der Waals surface area contributed by atoms with Gasteiger partial charge >= 0.3 is 24.0 Å². The molecule has 1 atom stereocenters. The van der Waals surface area contributed by atoms with Gasteiger partial charge in [-0.05, 0) is 7.05 Å². The van der Waals surface area contributed by atoms with E-state index in [1.165, 1.54) is 6.92 Å². The first-order valence-corrected chi connectivity index (χ1v) is 6.14. The molecule has 0 saturated heterocycles. The van der Waals surface area contributed by atoms with E-state index in [0.29, 0.717) is 0 Å². The van der Waals surface area contributed by atoms with E-state index < -0.39 is 24.0 Å². The second-order valence-corrected chi connectivity index (χ2v) is 4.66. The molecular weight excluding hydrogens is 305 g/mol. The number of halogens is 3. The van der Waals surface area contributed by atoms with Crippen LogP contribution in [0.1, 0.15) is 6.92 Å². The summed E-state index contributed by atoms with van der Waals surface area (Å²) in [6.07, 6.45) is -5.33. The minimum atomic E-state index is -5.33. The van der Waals surface area contributed by atoms with Crippen LogP contribution >= 0.6 is 11.8 Å². The molecule has 0 rings (SSSR count). The fraction of sp³-hybridized carbons (Fsp3) is 0.667. The first-order chi connectivity index (χ1) is 9.05. The number of carbonyl (C=O) groups excluding carboxylic acids is 2. The Morgan fingerprint density at radius 2 is 1.85 bits per heavy atom. The highest BCUT2D eigenvalue weighted by atomic mass is 32.2. The van der Waals surface area contributed by atoms with Crippen LogP contribution in [0, 0.1) is 0 Å². The van der Waals surface area contributed by atoms with E-state index in [2.05, 4.69) is 10.1 Å². The number of carboxylic acid groups (broad SMARTS) is 1. The molecule has 116 valence electrons. The second kappa shape index (κ2) is 7.45. The summed E-state index contributed by atoms with van der Waals surface area (Å²) in [5.74, 6) is -7.13. The number of hydrogen-bond acceptors (Lipinski definition) is 7. The molecule has 0 amide bonds. The molecule has 20 heavy (non-hydrogen) atoms. The average molecular weight is 318 g/mol. The zero-order chi connectivity index (χ0) is 16.0. The van der Waals surface area contributed by atoms with Crippen molar-refractivity contribution in [3.63, 3.8) is 0 Å². The number of thioether (sulfide) groups is 1. The summed E-state index contributed by atoms with van der Waals surface area (Å²) in [4.78, 5) is 32.4. The van der Waals surface area contributed by atoms with Gasteiger partial charge < -0.3 is 9.84 Å². The molecule has 0 heterocycles. The fourth-order valence-corrected chi connectivity index (χ4v) is 1.51. The van der Waals surface area contributed by atoms with Gasteiger partial charge in [0.1, 0.15) is 0 Å². The number of esters is 1. The molecule has 0 aromatic rings. The first kappa shape index (κ1) is 18.7. The average Bonchev–Trinajstić information content (AvgIpc) is 2.30. The molecule has 0 aromatic carbocycles. The topological polar surface area (TPSA) is 105 Å². The summed E-state index contributed by atoms with van der Waals surface area (Å²) in [5, 5.41) is 12.7. The molecule has 11 heteroatoms. The van der Waals surface area contributed by atoms with Crippen LogP contribution < -0.4 is 10.6 Å². The van der Waals surface area contributed by atoms with Crippen LogP contribution in [0.5, 0.6) is 0 Å². The SMILES string of the molecule is CNC(NCCSC(C)=O)(OC(=O)C(F)(F)F)C(=O)O. The van der Waals surface area contributed by atoms with Crippen molar-refractivity contribution in [2.24, 2.45) is 0 Å². The summed E-state index contributed by atoms with van der Waals surface area (Å²) in [6, 6.07) is 0. The van der Waals surface area contributed by atoms with Gasteiger partial charge in [0, 0.05) is 19.2 Å². The smallest absolute Gasteiger partial charge is 0.476 e. The molecule has 3 N–H and O–H groups in total.